The van der Waals surface area contributed by atoms with E-state index in [9.17, 15) is 9.90 Å². The Morgan fingerprint density at radius 3 is 2.27 bits per heavy atom. The van der Waals surface area contributed by atoms with E-state index in [0.717, 1.165) is 0 Å². The Morgan fingerprint density at radius 1 is 1.55 bits per heavy atom. The van der Waals surface area contributed by atoms with Crippen molar-refractivity contribution in [2.24, 2.45) is 5.41 Å². The van der Waals surface area contributed by atoms with Crippen molar-refractivity contribution in [3.8, 4) is 0 Å². The number of hydrogen-bond donors (Lipinski definition) is 2. The van der Waals surface area contributed by atoms with E-state index in [1.54, 1.807) is 20.8 Å². The number of hydrogen-bond acceptors (Lipinski definition) is 3. The molecule has 0 aromatic heterocycles. The number of carbonyl (C=O) groups excluding carboxylic acids is 1. The third kappa shape index (κ3) is 2.27. The predicted octanol–water partition coefficient (Wildman–Crippen LogP) is 0.345. The molecular formula is C8H16O3. The number of rotatable bonds is 4. The summed E-state index contributed by atoms with van der Waals surface area (Å²) in [4.78, 5) is 11.2. The van der Waals surface area contributed by atoms with E-state index in [4.69, 9.17) is 5.11 Å². The van der Waals surface area contributed by atoms with Gasteiger partial charge in [-0.05, 0) is 0 Å². The highest BCUT2D eigenvalue weighted by molar-refractivity contribution is 5.84. The molecule has 11 heavy (non-hydrogen) atoms. The van der Waals surface area contributed by atoms with Gasteiger partial charge >= 0.3 is 0 Å². The zero-order valence-corrected chi connectivity index (χ0v) is 7.29. The fourth-order valence-electron chi connectivity index (χ4n) is 0.870. The van der Waals surface area contributed by atoms with Crippen molar-refractivity contribution in [2.45, 2.75) is 33.3 Å². The molecule has 66 valence electrons. The van der Waals surface area contributed by atoms with Crippen molar-refractivity contribution >= 4 is 5.78 Å². The smallest absolute Gasteiger partial charge is 0.140 e. The first-order chi connectivity index (χ1) is 4.96. The number of Topliss-reactive ketones (excluding diaryl/α,β-unsaturated/α-hetero) is 1. The molecule has 0 aromatic rings. The van der Waals surface area contributed by atoms with Crippen molar-refractivity contribution in [2.75, 3.05) is 6.61 Å². The highest BCUT2D eigenvalue weighted by Gasteiger charge is 2.33. The van der Waals surface area contributed by atoms with Gasteiger partial charge in [0.1, 0.15) is 5.78 Å². The second kappa shape index (κ2) is 3.83. The molecule has 0 amide bonds. The van der Waals surface area contributed by atoms with E-state index in [-0.39, 0.29) is 12.4 Å². The lowest BCUT2D eigenvalue weighted by Crippen LogP contribution is -2.39. The van der Waals surface area contributed by atoms with Gasteiger partial charge in [0.05, 0.1) is 18.1 Å². The largest absolute Gasteiger partial charge is 0.394 e. The van der Waals surface area contributed by atoms with Crippen LogP contribution < -0.4 is 0 Å². The quantitative estimate of drug-likeness (QED) is 0.623. The fourth-order valence-corrected chi connectivity index (χ4v) is 0.870. The molecule has 3 heteroatoms. The lowest BCUT2D eigenvalue weighted by molar-refractivity contribution is -0.134. The molecule has 0 aliphatic rings. The zero-order chi connectivity index (χ0) is 9.07. The summed E-state index contributed by atoms with van der Waals surface area (Å²) >= 11 is 0. The molecule has 2 N–H and O–H groups in total. The predicted molar refractivity (Wildman–Crippen MR) is 42.2 cm³/mol. The Kier molecular flexibility index (Phi) is 3.69. The van der Waals surface area contributed by atoms with Crippen molar-refractivity contribution < 1.29 is 15.0 Å². The molecule has 0 aliphatic heterocycles. The van der Waals surface area contributed by atoms with Crippen LogP contribution in [0.5, 0.6) is 0 Å². The third-order valence-corrected chi connectivity index (χ3v) is 2.05. The Balaban J connectivity index is 4.31. The molecule has 0 spiro atoms. The van der Waals surface area contributed by atoms with Crippen LogP contribution in [0.1, 0.15) is 27.2 Å². The van der Waals surface area contributed by atoms with Gasteiger partial charge in [-0.25, -0.2) is 0 Å². The first-order valence-electron chi connectivity index (χ1n) is 3.79. The van der Waals surface area contributed by atoms with Crippen molar-refractivity contribution in [1.82, 2.24) is 0 Å². The SMILES string of the molecule is CCC(=O)C(C)(C)[C@H](O)CO. The van der Waals surface area contributed by atoms with Gasteiger partial charge < -0.3 is 10.2 Å². The molecule has 0 aromatic carbocycles. The Morgan fingerprint density at radius 2 is 2.00 bits per heavy atom. The maximum absolute atomic E-state index is 11.2. The molecular weight excluding hydrogens is 144 g/mol. The monoisotopic (exact) mass is 160 g/mol. The topological polar surface area (TPSA) is 57.5 Å². The lowest BCUT2D eigenvalue weighted by atomic mass is 9.81. The van der Waals surface area contributed by atoms with Gasteiger partial charge in [-0.3, -0.25) is 4.79 Å². The van der Waals surface area contributed by atoms with Gasteiger partial charge in [0.25, 0.3) is 0 Å². The summed E-state index contributed by atoms with van der Waals surface area (Å²) in [6.45, 7) is 4.66. The van der Waals surface area contributed by atoms with E-state index >= 15 is 0 Å². The van der Waals surface area contributed by atoms with Gasteiger partial charge in [-0.15, -0.1) is 0 Å². The molecule has 0 saturated carbocycles. The maximum atomic E-state index is 11.2. The van der Waals surface area contributed by atoms with Crippen LogP contribution in [-0.4, -0.2) is 28.7 Å². The van der Waals surface area contributed by atoms with Gasteiger partial charge in [-0.1, -0.05) is 20.8 Å². The number of aliphatic hydroxyl groups is 2. The Labute approximate surface area is 67.0 Å². The molecule has 3 nitrogen and oxygen atoms in total. The maximum Gasteiger partial charge on any atom is 0.140 e. The zero-order valence-electron chi connectivity index (χ0n) is 7.29. The fraction of sp³-hybridized carbons (Fsp3) is 0.875. The van der Waals surface area contributed by atoms with Gasteiger partial charge in [-0.2, -0.15) is 0 Å². The summed E-state index contributed by atoms with van der Waals surface area (Å²) in [6, 6.07) is 0. The minimum atomic E-state index is -0.949. The van der Waals surface area contributed by atoms with Gasteiger partial charge in [0.2, 0.25) is 0 Å². The van der Waals surface area contributed by atoms with E-state index in [2.05, 4.69) is 0 Å². The molecule has 0 radical (unpaired) electrons. The van der Waals surface area contributed by atoms with Crippen molar-refractivity contribution in [1.29, 1.82) is 0 Å². The molecule has 0 heterocycles. The van der Waals surface area contributed by atoms with Gasteiger partial charge in [0, 0.05) is 6.42 Å². The van der Waals surface area contributed by atoms with E-state index in [1.807, 2.05) is 0 Å². The van der Waals surface area contributed by atoms with Crippen molar-refractivity contribution in [3.05, 3.63) is 0 Å². The molecule has 0 fully saturated rings. The standard InChI is InChI=1S/C8H16O3/c1-4-6(10)8(2,3)7(11)5-9/h7,9,11H,4-5H2,1-3H3/t7-/m1/s1. The first kappa shape index (κ1) is 10.6. The minimum Gasteiger partial charge on any atom is -0.394 e. The summed E-state index contributed by atoms with van der Waals surface area (Å²) in [6.07, 6.45) is -0.556. The molecule has 1 atom stereocenters. The van der Waals surface area contributed by atoms with Crippen LogP contribution in [-0.2, 0) is 4.79 Å². The van der Waals surface area contributed by atoms with Crippen LogP contribution in [0.2, 0.25) is 0 Å². The lowest BCUT2D eigenvalue weighted by Gasteiger charge is -2.26. The Bertz CT molecular complexity index is 140. The second-order valence-electron chi connectivity index (χ2n) is 3.20. The van der Waals surface area contributed by atoms with Crippen LogP contribution in [0, 0.1) is 5.41 Å². The van der Waals surface area contributed by atoms with Crippen LogP contribution in [0.15, 0.2) is 0 Å². The van der Waals surface area contributed by atoms with Gasteiger partial charge in [0.15, 0.2) is 0 Å². The van der Waals surface area contributed by atoms with E-state index in [0.29, 0.717) is 6.42 Å². The minimum absolute atomic E-state index is 0.0287. The van der Waals surface area contributed by atoms with Crippen LogP contribution in [0.4, 0.5) is 0 Å². The third-order valence-electron chi connectivity index (χ3n) is 2.05. The molecule has 0 aliphatic carbocycles. The summed E-state index contributed by atoms with van der Waals surface area (Å²) < 4.78 is 0. The van der Waals surface area contributed by atoms with Crippen LogP contribution >= 0.6 is 0 Å². The number of carbonyl (C=O) groups is 1. The average molecular weight is 160 g/mol. The molecule has 0 bridgehead atoms. The normalized spacial score (nSPS) is 14.6. The first-order valence-corrected chi connectivity index (χ1v) is 3.79. The number of aliphatic hydroxyl groups excluding tert-OH is 2. The van der Waals surface area contributed by atoms with Crippen molar-refractivity contribution in [3.63, 3.8) is 0 Å². The number of ketones is 1. The Hall–Kier alpha value is -0.410. The highest BCUT2D eigenvalue weighted by atomic mass is 16.3. The van der Waals surface area contributed by atoms with E-state index in [1.165, 1.54) is 0 Å². The second-order valence-corrected chi connectivity index (χ2v) is 3.20. The summed E-state index contributed by atoms with van der Waals surface area (Å²) in [5, 5.41) is 17.8. The van der Waals surface area contributed by atoms with E-state index < -0.39 is 11.5 Å². The molecule has 0 saturated heterocycles. The summed E-state index contributed by atoms with van der Waals surface area (Å²) in [5.74, 6) is -0.0287. The van der Waals surface area contributed by atoms with Crippen LogP contribution in [0.3, 0.4) is 0 Å². The summed E-state index contributed by atoms with van der Waals surface area (Å²) in [5.41, 5.74) is -0.816. The highest BCUT2D eigenvalue weighted by Crippen LogP contribution is 2.22. The molecule has 0 unspecified atom stereocenters. The molecule has 0 rings (SSSR count). The van der Waals surface area contributed by atoms with Crippen LogP contribution in [0.25, 0.3) is 0 Å². The summed E-state index contributed by atoms with van der Waals surface area (Å²) in [7, 11) is 0. The average Bonchev–Trinajstić information content (AvgIpc) is 2.01.